The number of hydrogen-bond donors (Lipinski definition) is 0. The van der Waals surface area contributed by atoms with E-state index in [2.05, 4.69) is 55.8 Å². The van der Waals surface area contributed by atoms with Crippen molar-refractivity contribution in [3.63, 3.8) is 0 Å². The Morgan fingerprint density at radius 1 is 0.971 bits per heavy atom. The van der Waals surface area contributed by atoms with E-state index in [0.717, 1.165) is 74.0 Å². The highest BCUT2D eigenvalue weighted by atomic mass is 16.5. The van der Waals surface area contributed by atoms with Crippen LogP contribution in [0.1, 0.15) is 42.1 Å². The second-order valence-corrected chi connectivity index (χ2v) is 9.00. The summed E-state index contributed by atoms with van der Waals surface area (Å²) < 4.78 is 13.5. The van der Waals surface area contributed by atoms with Crippen LogP contribution in [0.5, 0.6) is 5.75 Å². The van der Waals surface area contributed by atoms with E-state index in [1.807, 2.05) is 18.5 Å². The van der Waals surface area contributed by atoms with Crippen LogP contribution in [0.2, 0.25) is 0 Å². The number of nitrogens with zero attached hydrogens (tertiary/aromatic N) is 5. The van der Waals surface area contributed by atoms with E-state index in [9.17, 15) is 0 Å². The highest BCUT2D eigenvalue weighted by molar-refractivity contribution is 5.64. The average molecular weight is 456 g/mol. The molecule has 7 nitrogen and oxygen atoms in total. The molecule has 1 fully saturated rings. The van der Waals surface area contributed by atoms with Crippen molar-refractivity contribution in [2.45, 2.75) is 31.6 Å². The first kappa shape index (κ1) is 21.1. The van der Waals surface area contributed by atoms with Gasteiger partial charge in [-0.1, -0.05) is 24.6 Å². The van der Waals surface area contributed by atoms with Gasteiger partial charge in [0.1, 0.15) is 11.4 Å². The minimum absolute atomic E-state index is 0.249. The molecule has 3 aromatic heterocycles. The third-order valence-corrected chi connectivity index (χ3v) is 7.00. The van der Waals surface area contributed by atoms with Crippen molar-refractivity contribution < 1.29 is 9.47 Å². The molecule has 0 bridgehead atoms. The van der Waals surface area contributed by atoms with Crippen LogP contribution >= 0.6 is 0 Å². The van der Waals surface area contributed by atoms with Gasteiger partial charge in [0, 0.05) is 54.3 Å². The van der Waals surface area contributed by atoms with Crippen molar-refractivity contribution in [2.24, 2.45) is 0 Å². The number of pyridine rings is 1. The number of benzene rings is 1. The van der Waals surface area contributed by atoms with E-state index < -0.39 is 0 Å². The lowest BCUT2D eigenvalue weighted by Gasteiger charge is -2.26. The Morgan fingerprint density at radius 3 is 2.62 bits per heavy atom. The number of aryl methyl sites for hydroxylation is 1. The lowest BCUT2D eigenvalue weighted by molar-refractivity contribution is 0.122. The number of anilines is 1. The summed E-state index contributed by atoms with van der Waals surface area (Å²) in [6, 6.07) is 12.6. The van der Waals surface area contributed by atoms with Crippen molar-refractivity contribution in [3.05, 3.63) is 71.9 Å². The highest BCUT2D eigenvalue weighted by Crippen LogP contribution is 2.40. The molecule has 1 atom stereocenters. The Labute approximate surface area is 199 Å². The summed E-state index contributed by atoms with van der Waals surface area (Å²) in [6.45, 7) is 3.11. The standard InChI is InChI=1S/C27H29N5O2/c1-33-24-9-5-3-6-21(24)22-7-2-4-8-23-26(22)32-18-19(10-11-25(32)30-23)20-16-28-27(29-17-20)31-12-14-34-15-13-31/h3,5-6,9-11,16-18,22H,2,4,7-8,12-15H2,1H3. The Morgan fingerprint density at radius 2 is 1.79 bits per heavy atom. The number of methoxy groups -OCH3 is 1. The summed E-state index contributed by atoms with van der Waals surface area (Å²) in [5.41, 5.74) is 6.79. The number of fused-ring (bicyclic) bond motifs is 3. The van der Waals surface area contributed by atoms with Crippen LogP contribution in [0, 0.1) is 0 Å². The molecular weight excluding hydrogens is 426 g/mol. The summed E-state index contributed by atoms with van der Waals surface area (Å²) in [6.07, 6.45) is 10.5. The van der Waals surface area contributed by atoms with Crippen LogP contribution in [0.3, 0.4) is 0 Å². The number of hydrogen-bond acceptors (Lipinski definition) is 6. The molecule has 0 spiro atoms. The minimum Gasteiger partial charge on any atom is -0.496 e. The predicted octanol–water partition coefficient (Wildman–Crippen LogP) is 4.49. The molecule has 4 aromatic rings. The molecule has 2 aliphatic rings. The Balaban J connectivity index is 1.41. The van der Waals surface area contributed by atoms with Gasteiger partial charge in [0.15, 0.2) is 0 Å². The first-order valence-electron chi connectivity index (χ1n) is 12.1. The van der Waals surface area contributed by atoms with Gasteiger partial charge < -0.3 is 18.8 Å². The second kappa shape index (κ2) is 9.06. The quantitative estimate of drug-likeness (QED) is 0.423. The topological polar surface area (TPSA) is 64.8 Å². The molecule has 1 saturated heterocycles. The van der Waals surface area contributed by atoms with Gasteiger partial charge in [-0.05, 0) is 37.5 Å². The molecular formula is C27H29N5O2. The summed E-state index contributed by atoms with van der Waals surface area (Å²) in [5, 5.41) is 0. The van der Waals surface area contributed by atoms with Crippen LogP contribution in [0.25, 0.3) is 16.8 Å². The van der Waals surface area contributed by atoms with Crippen LogP contribution in [-0.4, -0.2) is 52.8 Å². The molecule has 0 N–H and O–H groups in total. The molecule has 174 valence electrons. The molecule has 1 aliphatic carbocycles. The zero-order valence-corrected chi connectivity index (χ0v) is 19.5. The molecule has 1 unspecified atom stereocenters. The maximum atomic E-state index is 5.74. The van der Waals surface area contributed by atoms with Crippen LogP contribution in [0.15, 0.2) is 55.0 Å². The van der Waals surface area contributed by atoms with Crippen molar-refractivity contribution in [1.29, 1.82) is 0 Å². The van der Waals surface area contributed by atoms with Gasteiger partial charge in [-0.2, -0.15) is 0 Å². The lowest BCUT2D eigenvalue weighted by atomic mass is 9.90. The second-order valence-electron chi connectivity index (χ2n) is 9.00. The third kappa shape index (κ3) is 3.80. The Hall–Kier alpha value is -3.45. The van der Waals surface area contributed by atoms with Crippen molar-refractivity contribution in [2.75, 3.05) is 38.3 Å². The van der Waals surface area contributed by atoms with Crippen LogP contribution in [0.4, 0.5) is 5.95 Å². The molecule has 1 aliphatic heterocycles. The minimum atomic E-state index is 0.249. The fraction of sp³-hybridized carbons (Fsp3) is 0.370. The van der Waals surface area contributed by atoms with E-state index in [1.54, 1.807) is 7.11 Å². The molecule has 0 radical (unpaired) electrons. The normalized spacial score (nSPS) is 18.5. The zero-order chi connectivity index (χ0) is 22.9. The van der Waals surface area contributed by atoms with Gasteiger partial charge in [0.2, 0.25) is 5.95 Å². The SMILES string of the molecule is COc1ccccc1C1CCCCc2nc3ccc(-c4cnc(N5CCOCC5)nc4)cn3c21. The van der Waals surface area contributed by atoms with Crippen LogP contribution in [-0.2, 0) is 11.2 Å². The van der Waals surface area contributed by atoms with Gasteiger partial charge in [-0.15, -0.1) is 0 Å². The maximum Gasteiger partial charge on any atom is 0.225 e. The number of imidazole rings is 1. The van der Waals surface area contributed by atoms with E-state index in [0.29, 0.717) is 0 Å². The van der Waals surface area contributed by atoms with E-state index >= 15 is 0 Å². The lowest BCUT2D eigenvalue weighted by Crippen LogP contribution is -2.37. The summed E-state index contributed by atoms with van der Waals surface area (Å²) >= 11 is 0. The largest absolute Gasteiger partial charge is 0.496 e. The van der Waals surface area contributed by atoms with Gasteiger partial charge in [0.25, 0.3) is 0 Å². The highest BCUT2D eigenvalue weighted by Gasteiger charge is 2.27. The van der Waals surface area contributed by atoms with E-state index in [-0.39, 0.29) is 5.92 Å². The van der Waals surface area contributed by atoms with Crippen LogP contribution < -0.4 is 9.64 Å². The number of morpholine rings is 1. The number of para-hydroxylation sites is 1. The molecule has 6 rings (SSSR count). The third-order valence-electron chi connectivity index (χ3n) is 7.00. The summed E-state index contributed by atoms with van der Waals surface area (Å²) in [5.74, 6) is 1.96. The molecule has 1 aromatic carbocycles. The first-order valence-corrected chi connectivity index (χ1v) is 12.1. The monoisotopic (exact) mass is 455 g/mol. The smallest absolute Gasteiger partial charge is 0.225 e. The van der Waals surface area contributed by atoms with Gasteiger partial charge in [-0.25, -0.2) is 15.0 Å². The zero-order valence-electron chi connectivity index (χ0n) is 19.5. The summed E-state index contributed by atoms with van der Waals surface area (Å²) in [7, 11) is 1.75. The molecule has 0 saturated carbocycles. The van der Waals surface area contributed by atoms with Crippen molar-refractivity contribution >= 4 is 11.6 Å². The molecule has 7 heteroatoms. The van der Waals surface area contributed by atoms with Gasteiger partial charge >= 0.3 is 0 Å². The predicted molar refractivity (Wildman–Crippen MR) is 132 cm³/mol. The Kier molecular flexibility index (Phi) is 5.63. The number of aromatic nitrogens is 4. The first-order chi connectivity index (χ1) is 16.8. The Bertz CT molecular complexity index is 1290. The summed E-state index contributed by atoms with van der Waals surface area (Å²) in [4.78, 5) is 16.5. The van der Waals surface area contributed by atoms with Gasteiger partial charge in [0.05, 0.1) is 31.7 Å². The number of ether oxygens (including phenoxy) is 2. The van der Waals surface area contributed by atoms with Gasteiger partial charge in [-0.3, -0.25) is 0 Å². The molecule has 0 amide bonds. The van der Waals surface area contributed by atoms with E-state index in [1.165, 1.54) is 23.4 Å². The van der Waals surface area contributed by atoms with Crippen molar-refractivity contribution in [1.82, 2.24) is 19.4 Å². The molecule has 34 heavy (non-hydrogen) atoms. The van der Waals surface area contributed by atoms with E-state index in [4.69, 9.17) is 14.5 Å². The fourth-order valence-electron chi connectivity index (χ4n) is 5.27. The number of rotatable bonds is 4. The molecule has 4 heterocycles. The average Bonchev–Trinajstić information content (AvgIpc) is 3.13. The fourth-order valence-corrected chi connectivity index (χ4v) is 5.27. The maximum absolute atomic E-state index is 5.74. The van der Waals surface area contributed by atoms with Crippen molar-refractivity contribution in [3.8, 4) is 16.9 Å².